The van der Waals surface area contributed by atoms with Crippen molar-refractivity contribution in [2.24, 2.45) is 5.73 Å². The summed E-state index contributed by atoms with van der Waals surface area (Å²) in [5.74, 6) is -0.428. The van der Waals surface area contributed by atoms with E-state index in [0.29, 0.717) is 39.1 Å². The molecular weight excluding hydrogens is 198 g/mol. The van der Waals surface area contributed by atoms with E-state index < -0.39 is 0 Å². The van der Waals surface area contributed by atoms with Gasteiger partial charge in [0.25, 0.3) is 0 Å². The van der Waals surface area contributed by atoms with Gasteiger partial charge in [0, 0.05) is 19.5 Å². The first kappa shape index (κ1) is 11.9. The molecule has 1 aliphatic rings. The van der Waals surface area contributed by atoms with Crippen molar-refractivity contribution in [2.75, 3.05) is 26.3 Å². The van der Waals surface area contributed by atoms with E-state index in [1.807, 2.05) is 0 Å². The number of amides is 2. The molecule has 1 rings (SSSR count). The molecule has 6 nitrogen and oxygen atoms in total. The third kappa shape index (κ3) is 4.75. The maximum Gasteiger partial charge on any atom is 0.239 e. The molecule has 1 atom stereocenters. The predicted molar refractivity (Wildman–Crippen MR) is 54.0 cm³/mol. The molecular formula is C9H17N3O3. The molecule has 0 aromatic heterocycles. The fraction of sp³-hybridized carbons (Fsp3) is 0.778. The van der Waals surface area contributed by atoms with Crippen LogP contribution >= 0.6 is 0 Å². The van der Waals surface area contributed by atoms with Crippen LogP contribution < -0.4 is 16.4 Å². The number of primary amides is 1. The van der Waals surface area contributed by atoms with Crippen LogP contribution in [0, 0.1) is 0 Å². The van der Waals surface area contributed by atoms with Crippen LogP contribution in [-0.2, 0) is 14.3 Å². The van der Waals surface area contributed by atoms with Crippen LogP contribution in [-0.4, -0.2) is 44.2 Å². The van der Waals surface area contributed by atoms with E-state index in [0.717, 1.165) is 0 Å². The Labute approximate surface area is 88.5 Å². The third-order valence-electron chi connectivity index (χ3n) is 2.14. The van der Waals surface area contributed by atoms with E-state index in [4.69, 9.17) is 10.5 Å². The van der Waals surface area contributed by atoms with Gasteiger partial charge in [-0.1, -0.05) is 0 Å². The number of morpholine rings is 1. The van der Waals surface area contributed by atoms with E-state index in [9.17, 15) is 9.59 Å². The summed E-state index contributed by atoms with van der Waals surface area (Å²) in [5.41, 5.74) is 4.97. The quantitative estimate of drug-likeness (QED) is 0.479. The summed E-state index contributed by atoms with van der Waals surface area (Å²) < 4.78 is 5.15. The number of nitrogens with two attached hydrogens (primary N) is 1. The molecule has 1 fully saturated rings. The Balaban J connectivity index is 2.09. The number of ether oxygens (including phenoxy) is 1. The summed E-state index contributed by atoms with van der Waals surface area (Å²) in [6.07, 6.45) is 0.878. The highest BCUT2D eigenvalue weighted by atomic mass is 16.5. The van der Waals surface area contributed by atoms with Gasteiger partial charge in [0.1, 0.15) is 6.04 Å². The number of carbonyl (C=O) groups is 2. The molecule has 6 heteroatoms. The van der Waals surface area contributed by atoms with Crippen molar-refractivity contribution >= 4 is 11.8 Å². The van der Waals surface area contributed by atoms with Gasteiger partial charge in [-0.3, -0.25) is 9.59 Å². The van der Waals surface area contributed by atoms with Crippen molar-refractivity contribution in [3.8, 4) is 0 Å². The number of rotatable bonds is 5. The molecule has 0 radical (unpaired) electrons. The van der Waals surface area contributed by atoms with Crippen LogP contribution in [0.3, 0.4) is 0 Å². The topological polar surface area (TPSA) is 93.5 Å². The summed E-state index contributed by atoms with van der Waals surface area (Å²) in [6, 6.07) is -0.271. The van der Waals surface area contributed by atoms with Gasteiger partial charge in [-0.25, -0.2) is 0 Å². The van der Waals surface area contributed by atoms with E-state index in [1.54, 1.807) is 0 Å². The first-order valence-electron chi connectivity index (χ1n) is 5.07. The van der Waals surface area contributed by atoms with Crippen molar-refractivity contribution in [2.45, 2.75) is 18.9 Å². The van der Waals surface area contributed by atoms with Gasteiger partial charge in [0.2, 0.25) is 11.8 Å². The molecule has 0 aliphatic carbocycles. The molecule has 0 saturated carbocycles. The molecule has 0 aromatic rings. The molecule has 4 N–H and O–H groups in total. The normalized spacial score (nSPS) is 20.9. The second-order valence-electron chi connectivity index (χ2n) is 3.44. The Morgan fingerprint density at radius 3 is 2.93 bits per heavy atom. The van der Waals surface area contributed by atoms with Gasteiger partial charge in [-0.15, -0.1) is 0 Å². The monoisotopic (exact) mass is 215 g/mol. The van der Waals surface area contributed by atoms with Crippen molar-refractivity contribution in [1.82, 2.24) is 10.6 Å². The standard InChI is InChI=1S/C9H17N3O3/c10-8(13)2-1-3-12-9(14)7-6-15-5-4-11-7/h7,11H,1-6H2,(H2,10,13)(H,12,14). The van der Waals surface area contributed by atoms with Crippen LogP contribution in [0.25, 0.3) is 0 Å². The molecule has 2 amide bonds. The summed E-state index contributed by atoms with van der Waals surface area (Å²) in [4.78, 5) is 21.9. The average molecular weight is 215 g/mol. The SMILES string of the molecule is NC(=O)CCCNC(=O)C1COCCN1. The van der Waals surface area contributed by atoms with Crippen LogP contribution in [0.5, 0.6) is 0 Å². The van der Waals surface area contributed by atoms with Crippen LogP contribution in [0.2, 0.25) is 0 Å². The minimum atomic E-state index is -0.344. The molecule has 0 bridgehead atoms. The highest BCUT2D eigenvalue weighted by Gasteiger charge is 2.20. The smallest absolute Gasteiger partial charge is 0.239 e. The van der Waals surface area contributed by atoms with Crippen molar-refractivity contribution < 1.29 is 14.3 Å². The maximum absolute atomic E-state index is 11.5. The zero-order valence-electron chi connectivity index (χ0n) is 8.62. The summed E-state index contributed by atoms with van der Waals surface area (Å²) in [5, 5.41) is 5.76. The Kier molecular flexibility index (Phi) is 5.06. The molecule has 0 aromatic carbocycles. The first-order valence-corrected chi connectivity index (χ1v) is 5.07. The van der Waals surface area contributed by atoms with E-state index in [2.05, 4.69) is 10.6 Å². The van der Waals surface area contributed by atoms with Gasteiger partial charge in [0.15, 0.2) is 0 Å². The predicted octanol–water partition coefficient (Wildman–Crippen LogP) is -1.64. The second kappa shape index (κ2) is 6.36. The van der Waals surface area contributed by atoms with Gasteiger partial charge in [-0.2, -0.15) is 0 Å². The lowest BCUT2D eigenvalue weighted by atomic mass is 10.2. The van der Waals surface area contributed by atoms with Crippen LogP contribution in [0.4, 0.5) is 0 Å². The Bertz CT molecular complexity index is 227. The Hall–Kier alpha value is -1.14. The Morgan fingerprint density at radius 1 is 1.53 bits per heavy atom. The van der Waals surface area contributed by atoms with Gasteiger partial charge >= 0.3 is 0 Å². The number of nitrogens with one attached hydrogen (secondary N) is 2. The number of hydrogen-bond donors (Lipinski definition) is 3. The van der Waals surface area contributed by atoms with Crippen molar-refractivity contribution in [1.29, 1.82) is 0 Å². The van der Waals surface area contributed by atoms with Crippen LogP contribution in [0.1, 0.15) is 12.8 Å². The largest absolute Gasteiger partial charge is 0.378 e. The zero-order valence-corrected chi connectivity index (χ0v) is 8.62. The minimum absolute atomic E-state index is 0.0841. The molecule has 1 saturated heterocycles. The summed E-state index contributed by atoms with van der Waals surface area (Å²) in [7, 11) is 0. The maximum atomic E-state index is 11.5. The summed E-state index contributed by atoms with van der Waals surface area (Å²) in [6.45, 7) is 2.21. The van der Waals surface area contributed by atoms with E-state index in [1.165, 1.54) is 0 Å². The van der Waals surface area contributed by atoms with Crippen LogP contribution in [0.15, 0.2) is 0 Å². The highest BCUT2D eigenvalue weighted by Crippen LogP contribution is 1.93. The molecule has 15 heavy (non-hydrogen) atoms. The van der Waals surface area contributed by atoms with Crippen molar-refractivity contribution in [3.63, 3.8) is 0 Å². The van der Waals surface area contributed by atoms with Gasteiger partial charge in [0.05, 0.1) is 13.2 Å². The number of carbonyl (C=O) groups excluding carboxylic acids is 2. The molecule has 1 aliphatic heterocycles. The minimum Gasteiger partial charge on any atom is -0.378 e. The summed E-state index contributed by atoms with van der Waals surface area (Å²) >= 11 is 0. The third-order valence-corrected chi connectivity index (χ3v) is 2.14. The van der Waals surface area contributed by atoms with Crippen molar-refractivity contribution in [3.05, 3.63) is 0 Å². The molecule has 0 spiro atoms. The lowest BCUT2D eigenvalue weighted by molar-refractivity contribution is -0.126. The molecule has 1 heterocycles. The average Bonchev–Trinajstić information content (AvgIpc) is 2.25. The zero-order chi connectivity index (χ0) is 11.1. The van der Waals surface area contributed by atoms with Gasteiger partial charge in [-0.05, 0) is 6.42 Å². The Morgan fingerprint density at radius 2 is 2.33 bits per heavy atom. The fourth-order valence-corrected chi connectivity index (χ4v) is 1.33. The van der Waals surface area contributed by atoms with Gasteiger partial charge < -0.3 is 21.1 Å². The highest BCUT2D eigenvalue weighted by molar-refractivity contribution is 5.82. The number of hydrogen-bond acceptors (Lipinski definition) is 4. The molecule has 1 unspecified atom stereocenters. The van der Waals surface area contributed by atoms with E-state index in [-0.39, 0.29) is 17.9 Å². The molecule has 86 valence electrons. The fourth-order valence-electron chi connectivity index (χ4n) is 1.33. The second-order valence-corrected chi connectivity index (χ2v) is 3.44. The lowest BCUT2D eigenvalue weighted by Gasteiger charge is -2.22. The van der Waals surface area contributed by atoms with E-state index >= 15 is 0 Å². The lowest BCUT2D eigenvalue weighted by Crippen LogP contribution is -2.51. The first-order chi connectivity index (χ1) is 7.20.